The van der Waals surface area contributed by atoms with Gasteiger partial charge in [-0.2, -0.15) is 0 Å². The van der Waals surface area contributed by atoms with Crippen molar-refractivity contribution >= 4 is 17.0 Å². The molecule has 0 saturated carbocycles. The maximum absolute atomic E-state index is 13.2. The normalized spacial score (nSPS) is 14.9. The van der Waals surface area contributed by atoms with E-state index in [1.165, 1.54) is 36.5 Å². The van der Waals surface area contributed by atoms with Gasteiger partial charge in [-0.15, -0.1) is 0 Å². The summed E-state index contributed by atoms with van der Waals surface area (Å²) in [7, 11) is 0. The second-order valence-corrected chi connectivity index (χ2v) is 6.57. The van der Waals surface area contributed by atoms with Crippen molar-refractivity contribution in [1.29, 1.82) is 0 Å². The Morgan fingerprint density at radius 1 is 1.21 bits per heavy atom. The molecule has 8 nitrogen and oxygen atoms in total. The molecule has 150 valence electrons. The Bertz CT molecular complexity index is 1140. The summed E-state index contributed by atoms with van der Waals surface area (Å²) in [5.74, 6) is -2.63. The zero-order chi connectivity index (χ0) is 20.5. The number of carbonyl (C=O) groups is 1. The van der Waals surface area contributed by atoms with Gasteiger partial charge in [0.1, 0.15) is 17.2 Å². The zero-order valence-electron chi connectivity index (χ0n) is 15.2. The number of fused-ring (bicyclic) bond motifs is 1. The second-order valence-electron chi connectivity index (χ2n) is 6.57. The monoisotopic (exact) mass is 400 g/mol. The highest BCUT2D eigenvalue weighted by molar-refractivity contribution is 5.98. The molecule has 1 aliphatic rings. The van der Waals surface area contributed by atoms with Crippen molar-refractivity contribution in [3.8, 4) is 16.9 Å². The zero-order valence-corrected chi connectivity index (χ0v) is 15.2. The minimum absolute atomic E-state index is 0.0706. The number of hydrogen-bond donors (Lipinski definition) is 2. The number of benzene rings is 1. The van der Waals surface area contributed by atoms with Gasteiger partial charge in [-0.1, -0.05) is 12.1 Å². The highest BCUT2D eigenvalue weighted by Gasteiger charge is 2.25. The van der Waals surface area contributed by atoms with Crippen LogP contribution in [0, 0.1) is 5.82 Å². The molecular formula is C20H17FN2O6. The predicted octanol–water partition coefficient (Wildman–Crippen LogP) is 2.37. The van der Waals surface area contributed by atoms with E-state index in [0.29, 0.717) is 24.3 Å². The van der Waals surface area contributed by atoms with Crippen LogP contribution in [-0.4, -0.2) is 45.2 Å². The SMILES string of the molecule is O=C(O)c1c(O)c2cc(-c3ccc(F)cc3)cnc2n(CC2OCCCO2)c1=O. The van der Waals surface area contributed by atoms with E-state index in [1.54, 1.807) is 0 Å². The van der Waals surface area contributed by atoms with Gasteiger partial charge in [0.05, 0.1) is 25.1 Å². The van der Waals surface area contributed by atoms with Crippen LogP contribution in [-0.2, 0) is 16.0 Å². The third kappa shape index (κ3) is 3.57. The lowest BCUT2D eigenvalue weighted by atomic mass is 10.0. The number of ether oxygens (including phenoxy) is 2. The Hall–Kier alpha value is -3.30. The summed E-state index contributed by atoms with van der Waals surface area (Å²) >= 11 is 0. The van der Waals surface area contributed by atoms with Crippen LogP contribution in [0.4, 0.5) is 4.39 Å². The van der Waals surface area contributed by atoms with Crippen LogP contribution in [0.3, 0.4) is 0 Å². The number of carboxylic acid groups (broad SMARTS) is 1. The summed E-state index contributed by atoms with van der Waals surface area (Å²) in [6, 6.07) is 7.14. The maximum atomic E-state index is 13.2. The number of pyridine rings is 2. The first kappa shape index (κ1) is 19.0. The van der Waals surface area contributed by atoms with Gasteiger partial charge in [0.25, 0.3) is 5.56 Å². The highest BCUT2D eigenvalue weighted by atomic mass is 19.1. The standard InChI is InChI=1S/C20H17FN2O6/c21-13-4-2-11(3-5-13)12-8-14-17(24)16(20(26)27)19(25)23(18(14)22-9-12)10-15-28-6-1-7-29-15/h2-5,8-9,15,24H,1,6-7,10H2,(H,26,27). The third-order valence-electron chi connectivity index (χ3n) is 4.69. The molecule has 0 unspecified atom stereocenters. The fourth-order valence-corrected chi connectivity index (χ4v) is 3.27. The fraction of sp³-hybridized carbons (Fsp3) is 0.250. The number of aromatic hydroxyl groups is 1. The molecule has 0 atom stereocenters. The summed E-state index contributed by atoms with van der Waals surface area (Å²) < 4.78 is 25.3. The number of halogens is 1. The fourth-order valence-electron chi connectivity index (χ4n) is 3.27. The topological polar surface area (TPSA) is 111 Å². The average molecular weight is 400 g/mol. The average Bonchev–Trinajstić information content (AvgIpc) is 2.72. The molecule has 4 rings (SSSR count). The molecule has 0 radical (unpaired) electrons. The van der Waals surface area contributed by atoms with Gasteiger partial charge in [-0.05, 0) is 30.2 Å². The van der Waals surface area contributed by atoms with Crippen LogP contribution < -0.4 is 5.56 Å². The van der Waals surface area contributed by atoms with Crippen molar-refractivity contribution in [3.63, 3.8) is 0 Å². The molecule has 2 N–H and O–H groups in total. The van der Waals surface area contributed by atoms with E-state index in [2.05, 4.69) is 4.98 Å². The Morgan fingerprint density at radius 2 is 1.90 bits per heavy atom. The Labute approximate surface area is 163 Å². The molecular weight excluding hydrogens is 383 g/mol. The Kier molecular flexibility index (Phi) is 4.99. The number of carboxylic acids is 1. The number of rotatable bonds is 4. The molecule has 9 heteroatoms. The highest BCUT2D eigenvalue weighted by Crippen LogP contribution is 2.30. The lowest BCUT2D eigenvalue weighted by molar-refractivity contribution is -0.184. The first-order valence-electron chi connectivity index (χ1n) is 8.93. The van der Waals surface area contributed by atoms with Gasteiger partial charge in [0, 0.05) is 11.8 Å². The van der Waals surface area contributed by atoms with Crippen LogP contribution in [0.1, 0.15) is 16.8 Å². The van der Waals surface area contributed by atoms with Crippen LogP contribution in [0.15, 0.2) is 41.3 Å². The molecule has 1 fully saturated rings. The quantitative estimate of drug-likeness (QED) is 0.692. The summed E-state index contributed by atoms with van der Waals surface area (Å²) in [5.41, 5.74) is -0.414. The van der Waals surface area contributed by atoms with E-state index in [1.807, 2.05) is 0 Å². The molecule has 2 aromatic heterocycles. The molecule has 0 aliphatic carbocycles. The number of aromatic nitrogens is 2. The smallest absolute Gasteiger partial charge is 0.345 e. The van der Waals surface area contributed by atoms with Gasteiger partial charge in [0.2, 0.25) is 0 Å². The molecule has 1 saturated heterocycles. The van der Waals surface area contributed by atoms with Crippen LogP contribution >= 0.6 is 0 Å². The van der Waals surface area contributed by atoms with E-state index < -0.39 is 34.9 Å². The minimum Gasteiger partial charge on any atom is -0.506 e. The summed E-state index contributed by atoms with van der Waals surface area (Å²) in [5, 5.41) is 20.0. The van der Waals surface area contributed by atoms with Crippen LogP contribution in [0.5, 0.6) is 5.75 Å². The van der Waals surface area contributed by atoms with Gasteiger partial charge < -0.3 is 19.7 Å². The summed E-state index contributed by atoms with van der Waals surface area (Å²) in [6.45, 7) is 0.853. The third-order valence-corrected chi connectivity index (χ3v) is 4.69. The Balaban J connectivity index is 1.90. The largest absolute Gasteiger partial charge is 0.506 e. The minimum atomic E-state index is -1.55. The Morgan fingerprint density at radius 3 is 2.55 bits per heavy atom. The number of nitrogens with zero attached hydrogens (tertiary/aromatic N) is 2. The van der Waals surface area contributed by atoms with Crippen molar-refractivity contribution < 1.29 is 28.9 Å². The molecule has 0 amide bonds. The van der Waals surface area contributed by atoms with Crippen molar-refractivity contribution in [2.24, 2.45) is 0 Å². The summed E-state index contributed by atoms with van der Waals surface area (Å²) in [4.78, 5) is 28.6. The maximum Gasteiger partial charge on any atom is 0.345 e. The van der Waals surface area contributed by atoms with Crippen molar-refractivity contribution in [3.05, 3.63) is 58.3 Å². The van der Waals surface area contributed by atoms with Gasteiger partial charge in [-0.25, -0.2) is 14.2 Å². The van der Waals surface area contributed by atoms with Gasteiger partial charge in [0.15, 0.2) is 11.9 Å². The molecule has 0 bridgehead atoms. The lowest BCUT2D eigenvalue weighted by Gasteiger charge is -2.24. The predicted molar refractivity (Wildman–Crippen MR) is 100 cm³/mol. The van der Waals surface area contributed by atoms with Crippen molar-refractivity contribution in [1.82, 2.24) is 9.55 Å². The first-order chi connectivity index (χ1) is 14.0. The van der Waals surface area contributed by atoms with Crippen molar-refractivity contribution in [2.45, 2.75) is 19.3 Å². The number of hydrogen-bond acceptors (Lipinski definition) is 6. The molecule has 0 spiro atoms. The van der Waals surface area contributed by atoms with Gasteiger partial charge in [-0.3, -0.25) is 9.36 Å². The van der Waals surface area contributed by atoms with E-state index in [-0.39, 0.29) is 17.6 Å². The molecule has 29 heavy (non-hydrogen) atoms. The van der Waals surface area contributed by atoms with E-state index in [4.69, 9.17) is 9.47 Å². The lowest BCUT2D eigenvalue weighted by Crippen LogP contribution is -2.35. The first-order valence-corrected chi connectivity index (χ1v) is 8.93. The van der Waals surface area contributed by atoms with Crippen molar-refractivity contribution in [2.75, 3.05) is 13.2 Å². The molecule has 3 heterocycles. The molecule has 1 aliphatic heterocycles. The second kappa shape index (κ2) is 7.61. The van der Waals surface area contributed by atoms with Crippen LogP contribution in [0.25, 0.3) is 22.2 Å². The van der Waals surface area contributed by atoms with Crippen LogP contribution in [0.2, 0.25) is 0 Å². The van der Waals surface area contributed by atoms with E-state index in [9.17, 15) is 24.2 Å². The van der Waals surface area contributed by atoms with E-state index in [0.717, 1.165) is 11.0 Å². The molecule has 3 aromatic rings. The number of aromatic carboxylic acids is 1. The van der Waals surface area contributed by atoms with Gasteiger partial charge >= 0.3 is 5.97 Å². The summed E-state index contributed by atoms with van der Waals surface area (Å²) in [6.07, 6.45) is 1.46. The molecule has 1 aromatic carbocycles. The van der Waals surface area contributed by atoms with E-state index >= 15 is 0 Å².